The van der Waals surface area contributed by atoms with E-state index in [0.29, 0.717) is 19.0 Å². The molecule has 1 amide bonds. The number of aromatic nitrogens is 2. The van der Waals surface area contributed by atoms with Crippen molar-refractivity contribution in [1.29, 1.82) is 0 Å². The molecule has 4 rings (SSSR count). The molecule has 0 saturated carbocycles. The Hall–Kier alpha value is -3.02. The van der Waals surface area contributed by atoms with Crippen LogP contribution in [0.3, 0.4) is 0 Å². The van der Waals surface area contributed by atoms with E-state index in [1.165, 1.54) is 0 Å². The molecule has 0 bridgehead atoms. The molecule has 0 atom stereocenters. The van der Waals surface area contributed by atoms with Crippen molar-refractivity contribution in [2.75, 3.05) is 18.5 Å². The van der Waals surface area contributed by atoms with Crippen LogP contribution in [0.2, 0.25) is 0 Å². The third-order valence-corrected chi connectivity index (χ3v) is 3.72. The van der Waals surface area contributed by atoms with Crippen molar-refractivity contribution < 1.29 is 14.3 Å². The second-order valence-corrected chi connectivity index (χ2v) is 5.34. The molecule has 0 unspecified atom stereocenters. The summed E-state index contributed by atoms with van der Waals surface area (Å²) >= 11 is 0. The van der Waals surface area contributed by atoms with Gasteiger partial charge in [0.2, 0.25) is 5.91 Å². The Labute approximate surface area is 132 Å². The fourth-order valence-electron chi connectivity index (χ4n) is 2.65. The van der Waals surface area contributed by atoms with Gasteiger partial charge in [-0.2, -0.15) is 5.10 Å². The van der Waals surface area contributed by atoms with Crippen LogP contribution in [0, 0.1) is 0 Å². The molecule has 1 aliphatic heterocycles. The molecule has 0 spiro atoms. The minimum atomic E-state index is -0.0937. The van der Waals surface area contributed by atoms with E-state index in [1.54, 1.807) is 6.20 Å². The maximum absolute atomic E-state index is 12.3. The summed E-state index contributed by atoms with van der Waals surface area (Å²) in [5, 5.41) is 10.8. The topological polar surface area (TPSA) is 76.2 Å². The van der Waals surface area contributed by atoms with Crippen molar-refractivity contribution in [3.8, 4) is 11.5 Å². The summed E-state index contributed by atoms with van der Waals surface area (Å²) in [6.07, 6.45) is 1.99. The smallest absolute Gasteiger partial charge is 0.228 e. The Morgan fingerprint density at radius 1 is 1.17 bits per heavy atom. The molecular formula is C17H15N3O3. The first kappa shape index (κ1) is 13.6. The molecule has 2 aromatic carbocycles. The zero-order chi connectivity index (χ0) is 15.6. The monoisotopic (exact) mass is 309 g/mol. The summed E-state index contributed by atoms with van der Waals surface area (Å²) in [5.41, 5.74) is 2.43. The van der Waals surface area contributed by atoms with Gasteiger partial charge in [-0.1, -0.05) is 18.2 Å². The van der Waals surface area contributed by atoms with Gasteiger partial charge in [-0.05, 0) is 23.8 Å². The maximum atomic E-state index is 12.3. The standard InChI is InChI=1S/C17H15N3O3/c21-16(19-13-3-1-2-12-10-18-20-17(12)13)9-11-4-5-14-15(8-11)23-7-6-22-14/h1-5,8,10H,6-7,9H2,(H,18,20)(H,19,21). The highest BCUT2D eigenvalue weighted by molar-refractivity contribution is 6.00. The fourth-order valence-corrected chi connectivity index (χ4v) is 2.65. The van der Waals surface area contributed by atoms with E-state index in [4.69, 9.17) is 9.47 Å². The minimum absolute atomic E-state index is 0.0937. The quantitative estimate of drug-likeness (QED) is 0.779. The molecule has 3 aromatic rings. The number of carbonyl (C=O) groups excluding carboxylic acids is 1. The largest absolute Gasteiger partial charge is 0.486 e. The molecule has 6 nitrogen and oxygen atoms in total. The number of rotatable bonds is 3. The lowest BCUT2D eigenvalue weighted by Crippen LogP contribution is -2.17. The van der Waals surface area contributed by atoms with E-state index in [9.17, 15) is 4.79 Å². The van der Waals surface area contributed by atoms with E-state index < -0.39 is 0 Å². The molecule has 116 valence electrons. The number of H-pyrrole nitrogens is 1. The second-order valence-electron chi connectivity index (χ2n) is 5.34. The Balaban J connectivity index is 1.51. The van der Waals surface area contributed by atoms with Crippen LogP contribution in [0.4, 0.5) is 5.69 Å². The first-order valence-electron chi connectivity index (χ1n) is 7.40. The summed E-state index contributed by atoms with van der Waals surface area (Å²) in [4.78, 5) is 12.3. The van der Waals surface area contributed by atoms with Crippen LogP contribution < -0.4 is 14.8 Å². The number of benzene rings is 2. The van der Waals surface area contributed by atoms with Crippen molar-refractivity contribution in [2.24, 2.45) is 0 Å². The average Bonchev–Trinajstić information content (AvgIpc) is 3.04. The molecule has 0 saturated heterocycles. The third-order valence-electron chi connectivity index (χ3n) is 3.72. The van der Waals surface area contributed by atoms with Crippen molar-refractivity contribution in [3.05, 3.63) is 48.2 Å². The number of ether oxygens (including phenoxy) is 2. The fraction of sp³-hybridized carbons (Fsp3) is 0.176. The predicted octanol–water partition coefficient (Wildman–Crippen LogP) is 2.52. The van der Waals surface area contributed by atoms with Gasteiger partial charge in [0, 0.05) is 5.39 Å². The number of amides is 1. The zero-order valence-corrected chi connectivity index (χ0v) is 12.3. The van der Waals surface area contributed by atoms with Crippen LogP contribution in [-0.4, -0.2) is 29.3 Å². The number of fused-ring (bicyclic) bond motifs is 2. The lowest BCUT2D eigenvalue weighted by atomic mass is 10.1. The number of hydrogen-bond acceptors (Lipinski definition) is 4. The Morgan fingerprint density at radius 2 is 2.04 bits per heavy atom. The Morgan fingerprint density at radius 3 is 2.96 bits per heavy atom. The molecule has 23 heavy (non-hydrogen) atoms. The van der Waals surface area contributed by atoms with E-state index in [1.807, 2.05) is 36.4 Å². The van der Waals surface area contributed by atoms with Gasteiger partial charge in [-0.15, -0.1) is 0 Å². The molecule has 0 aliphatic carbocycles. The summed E-state index contributed by atoms with van der Waals surface area (Å²) in [6, 6.07) is 11.2. The van der Waals surface area contributed by atoms with E-state index in [0.717, 1.165) is 27.9 Å². The molecule has 6 heteroatoms. The SMILES string of the molecule is O=C(Cc1ccc2c(c1)OCCO2)Nc1cccc2cn[nH]c12. The van der Waals surface area contributed by atoms with Gasteiger partial charge in [0.05, 0.1) is 23.8 Å². The van der Waals surface area contributed by atoms with Crippen LogP contribution in [0.15, 0.2) is 42.6 Å². The minimum Gasteiger partial charge on any atom is -0.486 e. The Kier molecular flexibility index (Phi) is 3.34. The first-order valence-corrected chi connectivity index (χ1v) is 7.40. The summed E-state index contributed by atoms with van der Waals surface area (Å²) in [5.74, 6) is 1.32. The van der Waals surface area contributed by atoms with Gasteiger partial charge in [-0.25, -0.2) is 0 Å². The van der Waals surface area contributed by atoms with Gasteiger partial charge in [0.25, 0.3) is 0 Å². The predicted molar refractivity (Wildman–Crippen MR) is 85.9 cm³/mol. The molecule has 1 aliphatic rings. The molecule has 1 aromatic heterocycles. The van der Waals surface area contributed by atoms with Crippen LogP contribution in [0.25, 0.3) is 10.9 Å². The molecule has 0 radical (unpaired) electrons. The van der Waals surface area contributed by atoms with Gasteiger partial charge in [-0.3, -0.25) is 9.89 Å². The number of anilines is 1. The van der Waals surface area contributed by atoms with Crippen molar-refractivity contribution in [1.82, 2.24) is 10.2 Å². The number of nitrogens with one attached hydrogen (secondary N) is 2. The van der Waals surface area contributed by atoms with Gasteiger partial charge in [0.15, 0.2) is 11.5 Å². The number of hydrogen-bond donors (Lipinski definition) is 2. The van der Waals surface area contributed by atoms with E-state index >= 15 is 0 Å². The lowest BCUT2D eigenvalue weighted by Gasteiger charge is -2.18. The highest BCUT2D eigenvalue weighted by atomic mass is 16.6. The van der Waals surface area contributed by atoms with Crippen LogP contribution in [0.5, 0.6) is 11.5 Å². The normalized spacial score (nSPS) is 13.0. The van der Waals surface area contributed by atoms with Crippen LogP contribution >= 0.6 is 0 Å². The second kappa shape index (κ2) is 5.64. The number of para-hydroxylation sites is 1. The molecule has 2 heterocycles. The van der Waals surface area contributed by atoms with Crippen molar-refractivity contribution >= 4 is 22.5 Å². The number of aromatic amines is 1. The lowest BCUT2D eigenvalue weighted by molar-refractivity contribution is -0.115. The Bertz CT molecular complexity index is 872. The molecule has 0 fully saturated rings. The average molecular weight is 309 g/mol. The van der Waals surface area contributed by atoms with Crippen LogP contribution in [0.1, 0.15) is 5.56 Å². The molecular weight excluding hydrogens is 294 g/mol. The summed E-state index contributed by atoms with van der Waals surface area (Å²) in [6.45, 7) is 1.09. The van der Waals surface area contributed by atoms with E-state index in [-0.39, 0.29) is 12.3 Å². The molecule has 2 N–H and O–H groups in total. The van der Waals surface area contributed by atoms with Gasteiger partial charge >= 0.3 is 0 Å². The highest BCUT2D eigenvalue weighted by Gasteiger charge is 2.14. The number of nitrogens with zero attached hydrogens (tertiary/aromatic N) is 1. The zero-order valence-electron chi connectivity index (χ0n) is 12.3. The summed E-state index contributed by atoms with van der Waals surface area (Å²) in [7, 11) is 0. The van der Waals surface area contributed by atoms with Crippen LogP contribution in [-0.2, 0) is 11.2 Å². The highest BCUT2D eigenvalue weighted by Crippen LogP contribution is 2.31. The van der Waals surface area contributed by atoms with E-state index in [2.05, 4.69) is 15.5 Å². The first-order chi connectivity index (χ1) is 11.3. The van der Waals surface area contributed by atoms with Crippen molar-refractivity contribution in [3.63, 3.8) is 0 Å². The van der Waals surface area contributed by atoms with Gasteiger partial charge < -0.3 is 14.8 Å². The summed E-state index contributed by atoms with van der Waals surface area (Å²) < 4.78 is 11.0. The number of carbonyl (C=O) groups is 1. The third kappa shape index (κ3) is 2.70. The van der Waals surface area contributed by atoms with Crippen molar-refractivity contribution in [2.45, 2.75) is 6.42 Å². The maximum Gasteiger partial charge on any atom is 0.228 e. The van der Waals surface area contributed by atoms with Gasteiger partial charge in [0.1, 0.15) is 13.2 Å².